The number of rotatable bonds is 5. The van der Waals surface area contributed by atoms with Crippen molar-refractivity contribution in [2.45, 2.75) is 32.4 Å². The average Bonchev–Trinajstić information content (AvgIpc) is 2.97. The third kappa shape index (κ3) is 5.90. The Labute approximate surface area is 172 Å². The van der Waals surface area contributed by atoms with Crippen molar-refractivity contribution in [1.82, 2.24) is 25.2 Å². The summed E-state index contributed by atoms with van der Waals surface area (Å²) in [5, 5.41) is 14.6. The van der Waals surface area contributed by atoms with Crippen molar-refractivity contribution in [2.24, 2.45) is 0 Å². The number of amides is 1. The highest BCUT2D eigenvalue weighted by molar-refractivity contribution is 6.03. The van der Waals surface area contributed by atoms with Gasteiger partial charge in [0.25, 0.3) is 5.91 Å². The summed E-state index contributed by atoms with van der Waals surface area (Å²) in [7, 11) is 4.04. The van der Waals surface area contributed by atoms with Crippen LogP contribution in [0.3, 0.4) is 0 Å². The van der Waals surface area contributed by atoms with E-state index in [1.54, 1.807) is 0 Å². The molecule has 150 valence electrons. The molecule has 1 aromatic carbocycles. The first-order valence-electron chi connectivity index (χ1n) is 8.72. The molecular formula is C18H28Cl2N6O. The van der Waals surface area contributed by atoms with E-state index >= 15 is 0 Å². The largest absolute Gasteiger partial charge is 0.321 e. The van der Waals surface area contributed by atoms with Crippen LogP contribution in [-0.4, -0.2) is 53.0 Å². The number of aromatic nitrogens is 3. The quantitative estimate of drug-likeness (QED) is 0.786. The van der Waals surface area contributed by atoms with Crippen molar-refractivity contribution in [2.75, 3.05) is 32.5 Å². The van der Waals surface area contributed by atoms with E-state index < -0.39 is 0 Å². The number of halogens is 2. The summed E-state index contributed by atoms with van der Waals surface area (Å²) in [5.41, 5.74) is 3.16. The van der Waals surface area contributed by atoms with E-state index in [-0.39, 0.29) is 30.7 Å². The zero-order valence-electron chi connectivity index (χ0n) is 15.9. The van der Waals surface area contributed by atoms with E-state index in [0.717, 1.165) is 49.4 Å². The van der Waals surface area contributed by atoms with Crippen LogP contribution in [0.4, 0.5) is 5.69 Å². The predicted octanol–water partition coefficient (Wildman–Crippen LogP) is 2.67. The second-order valence-corrected chi connectivity index (χ2v) is 6.84. The Bertz CT molecular complexity index is 743. The number of hydrogen-bond acceptors (Lipinski definition) is 5. The fraction of sp³-hybridized carbons (Fsp3) is 0.500. The lowest BCUT2D eigenvalue weighted by Gasteiger charge is -2.23. The van der Waals surface area contributed by atoms with Crippen molar-refractivity contribution in [1.29, 1.82) is 0 Å². The molecule has 0 spiro atoms. The van der Waals surface area contributed by atoms with Crippen LogP contribution >= 0.6 is 24.8 Å². The Hall–Kier alpha value is -1.67. The molecule has 2 heterocycles. The van der Waals surface area contributed by atoms with Gasteiger partial charge in [-0.25, -0.2) is 4.68 Å². The smallest absolute Gasteiger partial charge is 0.278 e. The van der Waals surface area contributed by atoms with Gasteiger partial charge in [0.05, 0.1) is 11.7 Å². The van der Waals surface area contributed by atoms with Gasteiger partial charge < -0.3 is 15.5 Å². The molecule has 7 nitrogen and oxygen atoms in total. The highest BCUT2D eigenvalue weighted by atomic mass is 35.5. The van der Waals surface area contributed by atoms with Crippen LogP contribution in [0.25, 0.3) is 0 Å². The molecule has 1 amide bonds. The number of carbonyl (C=O) groups is 1. The molecule has 0 aliphatic carbocycles. The van der Waals surface area contributed by atoms with Crippen LogP contribution < -0.4 is 10.6 Å². The van der Waals surface area contributed by atoms with Gasteiger partial charge in [-0.1, -0.05) is 17.3 Å². The molecule has 0 unspecified atom stereocenters. The summed E-state index contributed by atoms with van der Waals surface area (Å²) in [6.07, 6.45) is 2.02. The lowest BCUT2D eigenvalue weighted by molar-refractivity contribution is 0.102. The third-order valence-electron chi connectivity index (χ3n) is 4.48. The molecule has 9 heteroatoms. The Morgan fingerprint density at radius 2 is 2.00 bits per heavy atom. The van der Waals surface area contributed by atoms with Crippen LogP contribution in [-0.2, 0) is 6.54 Å². The Morgan fingerprint density at radius 3 is 2.67 bits per heavy atom. The lowest BCUT2D eigenvalue weighted by Crippen LogP contribution is -2.30. The summed E-state index contributed by atoms with van der Waals surface area (Å²) >= 11 is 0. The Balaban J connectivity index is 0.00000182. The van der Waals surface area contributed by atoms with Gasteiger partial charge in [-0.15, -0.1) is 29.9 Å². The van der Waals surface area contributed by atoms with E-state index in [9.17, 15) is 4.79 Å². The lowest BCUT2D eigenvalue weighted by atomic mass is 10.1. The summed E-state index contributed by atoms with van der Waals surface area (Å²) < 4.78 is 1.90. The maximum absolute atomic E-state index is 12.6. The Kier molecular flexibility index (Phi) is 9.18. The second-order valence-electron chi connectivity index (χ2n) is 6.84. The molecule has 0 radical (unpaired) electrons. The molecule has 2 N–H and O–H groups in total. The molecular weight excluding hydrogens is 387 g/mol. The summed E-state index contributed by atoms with van der Waals surface area (Å²) in [4.78, 5) is 14.7. The molecule has 1 aromatic heterocycles. The fourth-order valence-corrected chi connectivity index (χ4v) is 3.25. The summed E-state index contributed by atoms with van der Waals surface area (Å²) in [5.74, 6) is -0.209. The number of benzene rings is 1. The van der Waals surface area contributed by atoms with Crippen LogP contribution in [0, 0.1) is 6.92 Å². The highest BCUT2D eigenvalue weighted by Crippen LogP contribution is 2.21. The van der Waals surface area contributed by atoms with Crippen molar-refractivity contribution >= 4 is 36.4 Å². The first-order chi connectivity index (χ1) is 12.0. The van der Waals surface area contributed by atoms with Crippen LogP contribution in [0.2, 0.25) is 0 Å². The van der Waals surface area contributed by atoms with Gasteiger partial charge in [0, 0.05) is 12.2 Å². The standard InChI is InChI=1S/C18H26N6O.2ClH/c1-13-17(21-22-24(13)16-7-9-19-10-8-16)18(25)20-15-6-4-5-14(11-15)12-23(2)3;;/h4-6,11,16,19H,7-10,12H2,1-3H3,(H,20,25);2*1H. The van der Waals surface area contributed by atoms with Gasteiger partial charge in [-0.3, -0.25) is 4.79 Å². The van der Waals surface area contributed by atoms with Gasteiger partial charge in [0.2, 0.25) is 0 Å². The topological polar surface area (TPSA) is 75.1 Å². The normalized spacial score (nSPS) is 14.4. The third-order valence-corrected chi connectivity index (χ3v) is 4.48. The van der Waals surface area contributed by atoms with Gasteiger partial charge in [0.15, 0.2) is 5.69 Å². The molecule has 1 aliphatic heterocycles. The van der Waals surface area contributed by atoms with Crippen LogP contribution in [0.1, 0.15) is 40.6 Å². The molecule has 2 aromatic rings. The first kappa shape index (κ1) is 23.4. The molecule has 0 saturated carbocycles. The van der Waals surface area contributed by atoms with Crippen molar-refractivity contribution < 1.29 is 4.79 Å². The van der Waals surface area contributed by atoms with Gasteiger partial charge >= 0.3 is 0 Å². The SMILES string of the molecule is Cc1c(C(=O)Nc2cccc(CN(C)C)c2)nnn1C1CCNCC1.Cl.Cl. The van der Waals surface area contributed by atoms with Gasteiger partial charge in [-0.05, 0) is 64.6 Å². The van der Waals surface area contributed by atoms with Crippen molar-refractivity contribution in [3.8, 4) is 0 Å². The van der Waals surface area contributed by atoms with Crippen molar-refractivity contribution in [3.63, 3.8) is 0 Å². The number of piperidine rings is 1. The van der Waals surface area contributed by atoms with E-state index in [2.05, 4.69) is 25.8 Å². The molecule has 0 atom stereocenters. The maximum Gasteiger partial charge on any atom is 0.278 e. The van der Waals surface area contributed by atoms with Crippen LogP contribution in [0.5, 0.6) is 0 Å². The summed E-state index contributed by atoms with van der Waals surface area (Å²) in [6.45, 7) is 4.70. The molecule has 1 aliphatic rings. The number of nitrogens with one attached hydrogen (secondary N) is 2. The molecule has 1 fully saturated rings. The number of hydrogen-bond donors (Lipinski definition) is 2. The minimum Gasteiger partial charge on any atom is -0.321 e. The summed E-state index contributed by atoms with van der Waals surface area (Å²) in [6, 6.07) is 8.20. The molecule has 27 heavy (non-hydrogen) atoms. The van der Waals surface area contributed by atoms with Crippen LogP contribution in [0.15, 0.2) is 24.3 Å². The zero-order chi connectivity index (χ0) is 17.8. The van der Waals surface area contributed by atoms with E-state index in [1.807, 2.05) is 50.0 Å². The second kappa shape index (κ2) is 10.6. The molecule has 0 bridgehead atoms. The highest BCUT2D eigenvalue weighted by Gasteiger charge is 2.22. The number of anilines is 1. The molecule has 1 saturated heterocycles. The van der Waals surface area contributed by atoms with Gasteiger partial charge in [0.1, 0.15) is 0 Å². The monoisotopic (exact) mass is 414 g/mol. The van der Waals surface area contributed by atoms with E-state index in [0.29, 0.717) is 11.7 Å². The van der Waals surface area contributed by atoms with Crippen molar-refractivity contribution in [3.05, 3.63) is 41.2 Å². The Morgan fingerprint density at radius 1 is 1.30 bits per heavy atom. The minimum atomic E-state index is -0.209. The zero-order valence-corrected chi connectivity index (χ0v) is 17.6. The minimum absolute atomic E-state index is 0. The number of nitrogens with zero attached hydrogens (tertiary/aromatic N) is 4. The average molecular weight is 415 g/mol. The van der Waals surface area contributed by atoms with Gasteiger partial charge in [-0.2, -0.15) is 0 Å². The number of carbonyl (C=O) groups excluding carboxylic acids is 1. The molecule has 3 rings (SSSR count). The fourth-order valence-electron chi connectivity index (χ4n) is 3.25. The predicted molar refractivity (Wildman–Crippen MR) is 112 cm³/mol. The van der Waals surface area contributed by atoms with E-state index in [1.165, 1.54) is 0 Å². The van der Waals surface area contributed by atoms with E-state index in [4.69, 9.17) is 0 Å². The maximum atomic E-state index is 12.6. The first-order valence-corrected chi connectivity index (χ1v) is 8.72.